The molecule has 0 aromatic carbocycles. The monoisotopic (exact) mass is 442 g/mol. The maximum absolute atomic E-state index is 12.7. The molecule has 1 fully saturated rings. The molecule has 1 saturated heterocycles. The summed E-state index contributed by atoms with van der Waals surface area (Å²) in [7, 11) is 0. The highest BCUT2D eigenvalue weighted by atomic mass is 16.3. The molecular formula is C23H22N8O2. The van der Waals surface area contributed by atoms with E-state index < -0.39 is 0 Å². The van der Waals surface area contributed by atoms with E-state index >= 15 is 0 Å². The van der Waals surface area contributed by atoms with Crippen LogP contribution in [0.2, 0.25) is 0 Å². The van der Waals surface area contributed by atoms with E-state index in [-0.39, 0.29) is 12.0 Å². The quantitative estimate of drug-likeness (QED) is 0.440. The number of amides is 1. The summed E-state index contributed by atoms with van der Waals surface area (Å²) in [4.78, 5) is 32.6. The van der Waals surface area contributed by atoms with Gasteiger partial charge in [0.15, 0.2) is 5.65 Å². The predicted octanol–water partition coefficient (Wildman–Crippen LogP) is 2.13. The van der Waals surface area contributed by atoms with Crippen LogP contribution in [0.3, 0.4) is 0 Å². The van der Waals surface area contributed by atoms with Gasteiger partial charge in [-0.2, -0.15) is 0 Å². The number of imidazole rings is 1. The Balaban J connectivity index is 1.31. The number of fused-ring (bicyclic) bond motifs is 2. The van der Waals surface area contributed by atoms with Crippen LogP contribution in [-0.4, -0.2) is 54.5 Å². The molecule has 0 radical (unpaired) electrons. The Morgan fingerprint density at radius 3 is 2.76 bits per heavy atom. The fourth-order valence-electron chi connectivity index (χ4n) is 4.48. The van der Waals surface area contributed by atoms with Crippen molar-refractivity contribution in [3.8, 4) is 11.4 Å². The zero-order valence-corrected chi connectivity index (χ0v) is 17.8. The van der Waals surface area contributed by atoms with Gasteiger partial charge in [0.05, 0.1) is 59.2 Å². The molecule has 33 heavy (non-hydrogen) atoms. The molecule has 0 unspecified atom stereocenters. The first-order valence-electron chi connectivity index (χ1n) is 10.9. The van der Waals surface area contributed by atoms with E-state index in [0.29, 0.717) is 29.3 Å². The van der Waals surface area contributed by atoms with Gasteiger partial charge in [0, 0.05) is 37.6 Å². The minimum absolute atomic E-state index is 0.143. The molecule has 10 heteroatoms. The van der Waals surface area contributed by atoms with E-state index in [1.807, 2.05) is 28.9 Å². The molecule has 6 rings (SSSR count). The van der Waals surface area contributed by atoms with Gasteiger partial charge in [0.1, 0.15) is 5.82 Å². The van der Waals surface area contributed by atoms with Crippen molar-refractivity contribution in [3.05, 3.63) is 60.4 Å². The topological polar surface area (TPSA) is 121 Å². The highest BCUT2D eigenvalue weighted by Crippen LogP contribution is 2.33. The molecular weight excluding hydrogens is 420 g/mol. The fraction of sp³-hybridized carbons (Fsp3) is 0.261. The molecule has 10 nitrogen and oxygen atoms in total. The van der Waals surface area contributed by atoms with Crippen LogP contribution < -0.4 is 15.5 Å². The van der Waals surface area contributed by atoms with Crippen molar-refractivity contribution in [1.82, 2.24) is 29.7 Å². The van der Waals surface area contributed by atoms with Crippen LogP contribution in [0.4, 0.5) is 17.2 Å². The van der Waals surface area contributed by atoms with Crippen LogP contribution in [-0.2, 0) is 6.54 Å². The van der Waals surface area contributed by atoms with E-state index in [0.717, 1.165) is 48.5 Å². The number of hydrogen-bond donors (Lipinski definition) is 3. The zero-order valence-electron chi connectivity index (χ0n) is 17.8. The lowest BCUT2D eigenvalue weighted by atomic mass is 10.1. The van der Waals surface area contributed by atoms with Crippen molar-refractivity contribution in [1.29, 1.82) is 0 Å². The summed E-state index contributed by atoms with van der Waals surface area (Å²) in [5.41, 5.74) is 5.26. The Morgan fingerprint density at radius 1 is 1.06 bits per heavy atom. The minimum atomic E-state index is -0.212. The number of nitrogens with zero attached hydrogens (tertiary/aromatic N) is 6. The van der Waals surface area contributed by atoms with Gasteiger partial charge in [-0.25, -0.2) is 9.97 Å². The van der Waals surface area contributed by atoms with Crippen LogP contribution >= 0.6 is 0 Å². The molecule has 0 atom stereocenters. The number of aliphatic hydroxyl groups is 1. The summed E-state index contributed by atoms with van der Waals surface area (Å²) in [6.45, 7) is 2.03. The lowest BCUT2D eigenvalue weighted by molar-refractivity contribution is 0.0966. The maximum Gasteiger partial charge on any atom is 0.254 e. The normalized spacial score (nSPS) is 16.2. The highest BCUT2D eigenvalue weighted by Gasteiger charge is 2.28. The smallest absolute Gasteiger partial charge is 0.254 e. The van der Waals surface area contributed by atoms with Crippen LogP contribution in [0, 0.1) is 0 Å². The highest BCUT2D eigenvalue weighted by molar-refractivity contribution is 6.05. The Hall–Kier alpha value is -4.05. The molecule has 0 saturated carbocycles. The van der Waals surface area contributed by atoms with E-state index in [2.05, 4.69) is 35.5 Å². The number of aromatic nitrogens is 5. The molecule has 166 valence electrons. The minimum Gasteiger partial charge on any atom is -0.393 e. The maximum atomic E-state index is 12.7. The summed E-state index contributed by atoms with van der Waals surface area (Å²) < 4.78 is 1.91. The second kappa shape index (κ2) is 7.82. The molecule has 2 aliphatic rings. The van der Waals surface area contributed by atoms with E-state index in [9.17, 15) is 9.90 Å². The van der Waals surface area contributed by atoms with Gasteiger partial charge >= 0.3 is 0 Å². The van der Waals surface area contributed by atoms with Gasteiger partial charge in [-0.3, -0.25) is 19.2 Å². The molecule has 0 bridgehead atoms. The predicted molar refractivity (Wildman–Crippen MR) is 122 cm³/mol. The standard InChI is InChI=1S/C23H22N8O2/c32-15-3-6-30(7-4-15)14-1-2-19(25-9-14)29-17-11-27-22(16-10-28-23(33)21(16)17)18-12-26-20-13-24-5-8-31(18)20/h1-2,5,8-9,11-13,15,32H,3-4,6-7,10H2,(H,25,29)(H,28,33). The summed E-state index contributed by atoms with van der Waals surface area (Å²) in [6, 6.07) is 3.90. The van der Waals surface area contributed by atoms with Crippen LogP contribution in [0.1, 0.15) is 28.8 Å². The first kappa shape index (κ1) is 19.6. The van der Waals surface area contributed by atoms with E-state index in [4.69, 9.17) is 0 Å². The van der Waals surface area contributed by atoms with Crippen LogP contribution in [0.25, 0.3) is 17.0 Å². The Bertz CT molecular complexity index is 1340. The Kier molecular flexibility index (Phi) is 4.65. The summed E-state index contributed by atoms with van der Waals surface area (Å²) in [5.74, 6) is 0.489. The summed E-state index contributed by atoms with van der Waals surface area (Å²) in [6.07, 6.45) is 11.8. The van der Waals surface area contributed by atoms with Crippen molar-refractivity contribution in [2.45, 2.75) is 25.5 Å². The second-order valence-corrected chi connectivity index (χ2v) is 8.25. The third-order valence-corrected chi connectivity index (χ3v) is 6.23. The van der Waals surface area contributed by atoms with Gasteiger partial charge in [0.2, 0.25) is 0 Å². The molecule has 3 N–H and O–H groups in total. The third-order valence-electron chi connectivity index (χ3n) is 6.23. The molecule has 6 heterocycles. The summed E-state index contributed by atoms with van der Waals surface area (Å²) >= 11 is 0. The lowest BCUT2D eigenvalue weighted by Gasteiger charge is -2.31. The fourth-order valence-corrected chi connectivity index (χ4v) is 4.48. The molecule has 0 spiro atoms. The lowest BCUT2D eigenvalue weighted by Crippen LogP contribution is -2.35. The summed E-state index contributed by atoms with van der Waals surface area (Å²) in [5, 5.41) is 15.9. The number of aliphatic hydroxyl groups excluding tert-OH is 1. The average molecular weight is 442 g/mol. The number of hydrogen-bond acceptors (Lipinski definition) is 8. The SMILES string of the molecule is O=C1NCc2c(-c3cnc4cnccn34)ncc(Nc3ccc(N4CCC(O)CC4)cn3)c21. The van der Waals surface area contributed by atoms with E-state index in [1.54, 1.807) is 24.8 Å². The van der Waals surface area contributed by atoms with E-state index in [1.165, 1.54) is 0 Å². The molecule has 0 aliphatic carbocycles. The average Bonchev–Trinajstić information content (AvgIpc) is 3.45. The van der Waals surface area contributed by atoms with Crippen molar-refractivity contribution in [2.24, 2.45) is 0 Å². The van der Waals surface area contributed by atoms with Crippen molar-refractivity contribution < 1.29 is 9.90 Å². The number of anilines is 3. The number of piperidine rings is 1. The van der Waals surface area contributed by atoms with Crippen molar-refractivity contribution in [3.63, 3.8) is 0 Å². The van der Waals surface area contributed by atoms with Gasteiger partial charge < -0.3 is 20.6 Å². The largest absolute Gasteiger partial charge is 0.393 e. The number of rotatable bonds is 4. The van der Waals surface area contributed by atoms with Crippen LogP contribution in [0.15, 0.2) is 49.3 Å². The van der Waals surface area contributed by atoms with Gasteiger partial charge in [-0.15, -0.1) is 0 Å². The van der Waals surface area contributed by atoms with Gasteiger partial charge in [0.25, 0.3) is 5.91 Å². The molecule has 4 aromatic rings. The van der Waals surface area contributed by atoms with Gasteiger partial charge in [-0.1, -0.05) is 0 Å². The third kappa shape index (κ3) is 3.44. The number of nitrogens with one attached hydrogen (secondary N) is 2. The Morgan fingerprint density at radius 2 is 1.94 bits per heavy atom. The number of pyridine rings is 2. The molecule has 4 aromatic heterocycles. The first-order valence-corrected chi connectivity index (χ1v) is 10.9. The van der Waals surface area contributed by atoms with Gasteiger partial charge in [-0.05, 0) is 25.0 Å². The molecule has 1 amide bonds. The zero-order chi connectivity index (χ0) is 22.4. The first-order chi connectivity index (χ1) is 16.2. The second-order valence-electron chi connectivity index (χ2n) is 8.25. The number of carbonyl (C=O) groups excluding carboxylic acids is 1. The Labute approximate surface area is 189 Å². The number of carbonyl (C=O) groups is 1. The van der Waals surface area contributed by atoms with Crippen LogP contribution in [0.5, 0.6) is 0 Å². The molecule has 2 aliphatic heterocycles. The van der Waals surface area contributed by atoms with Crippen molar-refractivity contribution >= 4 is 28.7 Å². The van der Waals surface area contributed by atoms with Crippen molar-refractivity contribution in [2.75, 3.05) is 23.3 Å².